The molecule has 1 fully saturated rings. The van der Waals surface area contributed by atoms with Gasteiger partial charge in [0, 0.05) is 18.6 Å². The normalized spacial score (nSPS) is 18.3. The summed E-state index contributed by atoms with van der Waals surface area (Å²) >= 11 is 0. The van der Waals surface area contributed by atoms with Gasteiger partial charge in [0.05, 0.1) is 4.92 Å². The van der Waals surface area contributed by atoms with Crippen molar-refractivity contribution in [2.75, 3.05) is 6.61 Å². The molecule has 1 aliphatic heterocycles. The lowest BCUT2D eigenvalue weighted by molar-refractivity contribution is -0.384. The number of benzene rings is 1. The van der Waals surface area contributed by atoms with E-state index in [1.165, 1.54) is 24.3 Å². The minimum absolute atomic E-state index is 0.00905. The number of esters is 1. The molecule has 1 unspecified atom stereocenters. The first kappa shape index (κ1) is 13.2. The number of carbonyl (C=O) groups is 2. The molecule has 0 bridgehead atoms. The van der Waals surface area contributed by atoms with Gasteiger partial charge in [-0.3, -0.25) is 14.9 Å². The van der Waals surface area contributed by atoms with Gasteiger partial charge in [-0.1, -0.05) is 0 Å². The topological polar surface area (TPSA) is 95.7 Å². The number of non-ortho nitro benzene ring substituents is 1. The van der Waals surface area contributed by atoms with Crippen LogP contribution < -0.4 is 0 Å². The van der Waals surface area contributed by atoms with Crippen LogP contribution in [-0.2, 0) is 25.7 Å². The minimum Gasteiger partial charge on any atom is -0.459 e. The van der Waals surface area contributed by atoms with Crippen molar-refractivity contribution in [1.82, 2.24) is 0 Å². The van der Waals surface area contributed by atoms with Gasteiger partial charge in [-0.15, -0.1) is 0 Å². The summed E-state index contributed by atoms with van der Waals surface area (Å²) in [6, 6.07) is 5.68. The van der Waals surface area contributed by atoms with Crippen molar-refractivity contribution < 1.29 is 24.0 Å². The molecule has 0 spiro atoms. The van der Waals surface area contributed by atoms with Crippen LogP contribution in [-0.4, -0.2) is 29.4 Å². The average molecular weight is 265 g/mol. The third-order valence-corrected chi connectivity index (χ3v) is 2.65. The smallest absolute Gasteiger partial charge is 0.336 e. The summed E-state index contributed by atoms with van der Waals surface area (Å²) in [6.45, 7) is -0.0673. The summed E-state index contributed by atoms with van der Waals surface area (Å²) in [5.41, 5.74) is 0.600. The Balaban J connectivity index is 1.86. The third kappa shape index (κ3) is 3.35. The van der Waals surface area contributed by atoms with E-state index < -0.39 is 17.0 Å². The fourth-order valence-corrected chi connectivity index (χ4v) is 1.63. The summed E-state index contributed by atoms with van der Waals surface area (Å²) in [6.07, 6.45) is -0.787. The molecule has 1 heterocycles. The summed E-state index contributed by atoms with van der Waals surface area (Å²) in [5.74, 6) is -0.721. The molecule has 7 nitrogen and oxygen atoms in total. The van der Waals surface area contributed by atoms with Gasteiger partial charge in [0.15, 0.2) is 11.9 Å². The van der Waals surface area contributed by atoms with E-state index in [9.17, 15) is 19.7 Å². The summed E-state index contributed by atoms with van der Waals surface area (Å²) in [4.78, 5) is 32.4. The number of nitro benzene ring substituents is 1. The molecule has 1 aromatic rings. The molecule has 1 atom stereocenters. The highest BCUT2D eigenvalue weighted by Gasteiger charge is 2.30. The van der Waals surface area contributed by atoms with Crippen LogP contribution in [0, 0.1) is 10.1 Å². The van der Waals surface area contributed by atoms with Crippen LogP contribution in [0.5, 0.6) is 0 Å². The van der Waals surface area contributed by atoms with E-state index in [0.717, 1.165) is 0 Å². The predicted molar refractivity (Wildman–Crippen MR) is 62.3 cm³/mol. The number of rotatable bonds is 4. The van der Waals surface area contributed by atoms with E-state index in [4.69, 9.17) is 9.47 Å². The van der Waals surface area contributed by atoms with Gasteiger partial charge in [-0.2, -0.15) is 0 Å². The van der Waals surface area contributed by atoms with E-state index in [-0.39, 0.29) is 31.1 Å². The first-order valence-corrected chi connectivity index (χ1v) is 5.59. The Morgan fingerprint density at radius 3 is 2.63 bits per heavy atom. The standard InChI is InChI=1S/C12H11NO6/c14-10-5-11(18-7-10)12(15)19-6-8-1-3-9(4-2-8)13(16)17/h1-4,11H,5-7H2. The minimum atomic E-state index is -0.828. The monoisotopic (exact) mass is 265 g/mol. The second-order valence-corrected chi connectivity index (χ2v) is 4.07. The number of hydrogen-bond donors (Lipinski definition) is 0. The number of ketones is 1. The summed E-state index contributed by atoms with van der Waals surface area (Å²) in [5, 5.41) is 10.5. The lowest BCUT2D eigenvalue weighted by Gasteiger charge is -2.08. The molecule has 7 heteroatoms. The van der Waals surface area contributed by atoms with E-state index in [2.05, 4.69) is 0 Å². The van der Waals surface area contributed by atoms with Crippen LogP contribution in [0.15, 0.2) is 24.3 Å². The van der Waals surface area contributed by atoms with Crippen LogP contribution in [0.4, 0.5) is 5.69 Å². The number of nitrogens with zero attached hydrogens (tertiary/aromatic N) is 1. The second kappa shape index (κ2) is 5.57. The molecule has 0 amide bonds. The van der Waals surface area contributed by atoms with Gasteiger partial charge in [0.25, 0.3) is 5.69 Å². The molecule has 2 rings (SSSR count). The molecule has 19 heavy (non-hydrogen) atoms. The van der Waals surface area contributed by atoms with E-state index >= 15 is 0 Å². The molecule has 1 aromatic carbocycles. The van der Waals surface area contributed by atoms with Gasteiger partial charge in [0.1, 0.15) is 13.2 Å². The van der Waals surface area contributed by atoms with E-state index in [1.807, 2.05) is 0 Å². The molecule has 1 saturated heterocycles. The zero-order valence-corrected chi connectivity index (χ0v) is 9.90. The van der Waals surface area contributed by atoms with Crippen LogP contribution in [0.2, 0.25) is 0 Å². The second-order valence-electron chi connectivity index (χ2n) is 4.07. The number of carbonyl (C=O) groups excluding carboxylic acids is 2. The summed E-state index contributed by atoms with van der Waals surface area (Å²) < 4.78 is 9.93. The van der Waals surface area contributed by atoms with E-state index in [0.29, 0.717) is 5.56 Å². The molecule has 0 N–H and O–H groups in total. The zero-order chi connectivity index (χ0) is 13.8. The van der Waals surface area contributed by atoms with Gasteiger partial charge in [-0.25, -0.2) is 4.79 Å². The Morgan fingerprint density at radius 1 is 1.42 bits per heavy atom. The van der Waals surface area contributed by atoms with Gasteiger partial charge in [0.2, 0.25) is 0 Å². The predicted octanol–water partition coefficient (Wildman–Crippen LogP) is 0.996. The maximum atomic E-state index is 11.5. The number of ether oxygens (including phenoxy) is 2. The van der Waals surface area contributed by atoms with Crippen molar-refractivity contribution >= 4 is 17.4 Å². The van der Waals surface area contributed by atoms with Crippen LogP contribution in [0.25, 0.3) is 0 Å². The lowest BCUT2D eigenvalue weighted by Crippen LogP contribution is -2.22. The van der Waals surface area contributed by atoms with Gasteiger partial charge >= 0.3 is 5.97 Å². The first-order chi connectivity index (χ1) is 9.06. The number of Topliss-reactive ketones (excluding diaryl/α,β-unsaturated/α-hetero) is 1. The number of hydrogen-bond acceptors (Lipinski definition) is 6. The zero-order valence-electron chi connectivity index (χ0n) is 9.90. The van der Waals surface area contributed by atoms with Crippen molar-refractivity contribution in [2.24, 2.45) is 0 Å². The van der Waals surface area contributed by atoms with Crippen molar-refractivity contribution in [3.05, 3.63) is 39.9 Å². The highest BCUT2D eigenvalue weighted by Crippen LogP contribution is 2.14. The molecule has 0 radical (unpaired) electrons. The third-order valence-electron chi connectivity index (χ3n) is 2.65. The maximum absolute atomic E-state index is 11.5. The van der Waals surface area contributed by atoms with Crippen molar-refractivity contribution in [1.29, 1.82) is 0 Å². The maximum Gasteiger partial charge on any atom is 0.336 e. The molecular weight excluding hydrogens is 254 g/mol. The largest absolute Gasteiger partial charge is 0.459 e. The highest BCUT2D eigenvalue weighted by molar-refractivity contribution is 5.89. The van der Waals surface area contributed by atoms with E-state index in [1.54, 1.807) is 0 Å². The molecule has 0 aromatic heterocycles. The SMILES string of the molecule is O=C1COC(C(=O)OCc2ccc([N+](=O)[O-])cc2)C1. The highest BCUT2D eigenvalue weighted by atomic mass is 16.6. The van der Waals surface area contributed by atoms with Crippen molar-refractivity contribution in [3.8, 4) is 0 Å². The molecular formula is C12H11NO6. The lowest BCUT2D eigenvalue weighted by atomic mass is 10.2. The molecule has 0 saturated carbocycles. The quantitative estimate of drug-likeness (QED) is 0.457. The Hall–Kier alpha value is -2.28. The molecule has 1 aliphatic rings. The van der Waals surface area contributed by atoms with Crippen molar-refractivity contribution in [2.45, 2.75) is 19.1 Å². The molecule has 100 valence electrons. The van der Waals surface area contributed by atoms with Crippen LogP contribution >= 0.6 is 0 Å². The van der Waals surface area contributed by atoms with Crippen LogP contribution in [0.1, 0.15) is 12.0 Å². The first-order valence-electron chi connectivity index (χ1n) is 5.59. The Bertz CT molecular complexity index is 509. The Morgan fingerprint density at radius 2 is 2.11 bits per heavy atom. The number of nitro groups is 1. The molecule has 0 aliphatic carbocycles. The van der Waals surface area contributed by atoms with Crippen LogP contribution in [0.3, 0.4) is 0 Å². The fourth-order valence-electron chi connectivity index (χ4n) is 1.63. The Labute approximate surface area is 108 Å². The Kier molecular flexibility index (Phi) is 3.86. The fraction of sp³-hybridized carbons (Fsp3) is 0.333. The van der Waals surface area contributed by atoms with Gasteiger partial charge in [-0.05, 0) is 17.7 Å². The van der Waals surface area contributed by atoms with Crippen molar-refractivity contribution in [3.63, 3.8) is 0 Å². The van der Waals surface area contributed by atoms with Gasteiger partial charge < -0.3 is 9.47 Å². The summed E-state index contributed by atoms with van der Waals surface area (Å²) in [7, 11) is 0. The average Bonchev–Trinajstić information content (AvgIpc) is 2.83.